The van der Waals surface area contributed by atoms with E-state index in [0.717, 1.165) is 0 Å². The van der Waals surface area contributed by atoms with Crippen LogP contribution >= 0.6 is 0 Å². The van der Waals surface area contributed by atoms with Crippen molar-refractivity contribution in [3.63, 3.8) is 0 Å². The molecule has 0 unspecified atom stereocenters. The van der Waals surface area contributed by atoms with E-state index in [1.807, 2.05) is 18.0 Å². The van der Waals surface area contributed by atoms with Gasteiger partial charge < -0.3 is 35.6 Å². The molecular weight excluding hydrogens is 583 g/mol. The smallest absolute Gasteiger partial charge is 0.406 e. The number of hydrogen-bond donors (Lipinski definition) is 3. The molecule has 14 nitrogen and oxygen atoms in total. The number of aliphatic imine (C=N–C) groups is 1. The van der Waals surface area contributed by atoms with Crippen LogP contribution < -0.4 is 30.9 Å². The van der Waals surface area contributed by atoms with E-state index >= 15 is 0 Å². The SMILES string of the molecule is C=Nc1cc(N(C)c2ccnc(Nc3cnn(CC(N)=O)c3)n2)cnc1N(CNc1ccc(OC(F)(F)F)cc1)C1COC1. The van der Waals surface area contributed by atoms with Gasteiger partial charge in [-0.3, -0.25) is 14.5 Å². The number of alkyl halides is 3. The van der Waals surface area contributed by atoms with E-state index in [9.17, 15) is 18.0 Å². The Hall–Kier alpha value is -5.45. The van der Waals surface area contributed by atoms with Crippen molar-refractivity contribution in [3.8, 4) is 5.75 Å². The molecule has 1 aliphatic heterocycles. The molecule has 3 aromatic heterocycles. The third kappa shape index (κ3) is 7.49. The van der Waals surface area contributed by atoms with Crippen LogP contribution in [-0.4, -0.2) is 76.7 Å². The number of amides is 1. The first kappa shape index (κ1) is 30.0. The Balaban J connectivity index is 1.30. The standard InChI is InChI=1S/C27H28F3N11O3/c1-32-22-9-19(39(2)24-7-8-33-26(38-24)37-18-10-36-40(12-18)13-23(31)42)11-34-25(22)41(20-14-43-15-20)16-35-17-3-5-21(6-4-17)44-27(28,29)30/h3-12,20,35H,1,13-16H2,2H3,(H2,31,42)(H,33,37,38). The summed E-state index contributed by atoms with van der Waals surface area (Å²) in [4.78, 5) is 32.6. The average molecular weight is 612 g/mol. The minimum atomic E-state index is -4.76. The van der Waals surface area contributed by atoms with Crippen LogP contribution in [0, 0.1) is 0 Å². The van der Waals surface area contributed by atoms with Crippen molar-refractivity contribution < 1.29 is 27.4 Å². The Morgan fingerprint density at radius 1 is 1.20 bits per heavy atom. The predicted molar refractivity (Wildman–Crippen MR) is 157 cm³/mol. The zero-order chi connectivity index (χ0) is 31.3. The number of aromatic nitrogens is 5. The minimum absolute atomic E-state index is 0.00487. The summed E-state index contributed by atoms with van der Waals surface area (Å²) in [6, 6.07) is 8.99. The Morgan fingerprint density at radius 2 is 1.98 bits per heavy atom. The molecule has 5 rings (SSSR count). The van der Waals surface area contributed by atoms with E-state index in [4.69, 9.17) is 10.5 Å². The van der Waals surface area contributed by atoms with Gasteiger partial charge in [-0.15, -0.1) is 13.2 Å². The number of anilines is 6. The van der Waals surface area contributed by atoms with Crippen LogP contribution in [0.15, 0.2) is 66.2 Å². The highest BCUT2D eigenvalue weighted by molar-refractivity contribution is 5.74. The zero-order valence-electron chi connectivity index (χ0n) is 23.4. The fraction of sp³-hybridized carbons (Fsp3) is 0.259. The van der Waals surface area contributed by atoms with Gasteiger partial charge in [-0.1, -0.05) is 0 Å². The molecule has 17 heteroatoms. The lowest BCUT2D eigenvalue weighted by Crippen LogP contribution is -2.51. The van der Waals surface area contributed by atoms with Gasteiger partial charge in [0.15, 0.2) is 5.82 Å². The van der Waals surface area contributed by atoms with Gasteiger partial charge in [-0.25, -0.2) is 9.97 Å². The van der Waals surface area contributed by atoms with Crippen molar-refractivity contribution in [2.75, 3.05) is 47.4 Å². The molecule has 44 heavy (non-hydrogen) atoms. The number of nitrogens with zero attached hydrogens (tertiary/aromatic N) is 8. The molecule has 4 aromatic rings. The van der Waals surface area contributed by atoms with Gasteiger partial charge in [0.1, 0.15) is 23.8 Å². The van der Waals surface area contributed by atoms with Crippen molar-refractivity contribution in [2.24, 2.45) is 10.7 Å². The Labute approximate surface area is 249 Å². The summed E-state index contributed by atoms with van der Waals surface area (Å²) in [7, 11) is 1.81. The number of hydrogen-bond acceptors (Lipinski definition) is 12. The number of carbonyl (C=O) groups is 1. The van der Waals surface area contributed by atoms with E-state index in [-0.39, 0.29) is 25.0 Å². The summed E-state index contributed by atoms with van der Waals surface area (Å²) in [6.45, 7) is 4.88. The van der Waals surface area contributed by atoms with Crippen molar-refractivity contribution in [1.82, 2.24) is 24.7 Å². The van der Waals surface area contributed by atoms with Crippen molar-refractivity contribution in [3.05, 3.63) is 61.2 Å². The van der Waals surface area contributed by atoms with Crippen LogP contribution in [0.25, 0.3) is 0 Å². The topological polar surface area (TPSA) is 161 Å². The van der Waals surface area contributed by atoms with Gasteiger partial charge in [0.2, 0.25) is 11.9 Å². The molecule has 0 aliphatic carbocycles. The number of halogens is 3. The summed E-state index contributed by atoms with van der Waals surface area (Å²) in [5.41, 5.74) is 7.56. The van der Waals surface area contributed by atoms with E-state index in [2.05, 4.69) is 47.1 Å². The Kier molecular flexibility index (Phi) is 8.75. The number of pyridine rings is 1. The van der Waals surface area contributed by atoms with Crippen LogP contribution in [0.4, 0.5) is 53.5 Å². The molecule has 230 valence electrons. The molecule has 1 saturated heterocycles. The summed E-state index contributed by atoms with van der Waals surface area (Å²) >= 11 is 0. The first-order valence-corrected chi connectivity index (χ1v) is 13.1. The lowest BCUT2D eigenvalue weighted by molar-refractivity contribution is -0.274. The molecule has 0 spiro atoms. The lowest BCUT2D eigenvalue weighted by Gasteiger charge is -2.38. The van der Waals surface area contributed by atoms with E-state index in [0.29, 0.717) is 53.5 Å². The van der Waals surface area contributed by atoms with E-state index < -0.39 is 12.3 Å². The number of carbonyl (C=O) groups excluding carboxylic acids is 1. The quantitative estimate of drug-likeness (QED) is 0.150. The highest BCUT2D eigenvalue weighted by Gasteiger charge is 2.31. The maximum atomic E-state index is 12.5. The fourth-order valence-corrected chi connectivity index (χ4v) is 4.22. The fourth-order valence-electron chi connectivity index (χ4n) is 4.22. The maximum absolute atomic E-state index is 12.5. The number of nitrogens with one attached hydrogen (secondary N) is 2. The number of benzene rings is 1. The highest BCUT2D eigenvalue weighted by Crippen LogP contribution is 2.34. The molecule has 4 N–H and O–H groups in total. The number of primary amides is 1. The molecule has 0 atom stereocenters. The molecule has 1 aliphatic rings. The van der Waals surface area contributed by atoms with Crippen LogP contribution in [-0.2, 0) is 16.1 Å². The van der Waals surface area contributed by atoms with Crippen LogP contribution in [0.2, 0.25) is 0 Å². The third-order valence-electron chi connectivity index (χ3n) is 6.46. The monoisotopic (exact) mass is 611 g/mol. The molecule has 0 radical (unpaired) electrons. The predicted octanol–water partition coefficient (Wildman–Crippen LogP) is 3.57. The van der Waals surface area contributed by atoms with Gasteiger partial charge in [-0.05, 0) is 43.1 Å². The van der Waals surface area contributed by atoms with Crippen LogP contribution in [0.5, 0.6) is 5.75 Å². The molecule has 0 saturated carbocycles. The maximum Gasteiger partial charge on any atom is 0.573 e. The number of rotatable bonds is 13. The third-order valence-corrected chi connectivity index (χ3v) is 6.46. The molecular formula is C27H28F3N11O3. The first-order chi connectivity index (χ1) is 21.1. The van der Waals surface area contributed by atoms with Gasteiger partial charge in [0, 0.05) is 25.1 Å². The summed E-state index contributed by atoms with van der Waals surface area (Å²) < 4.78 is 48.2. The van der Waals surface area contributed by atoms with E-state index in [1.165, 1.54) is 35.1 Å². The normalized spacial score (nSPS) is 13.1. The lowest BCUT2D eigenvalue weighted by atomic mass is 10.2. The second-order valence-electron chi connectivity index (χ2n) is 9.58. The average Bonchev–Trinajstić information content (AvgIpc) is 3.39. The first-order valence-electron chi connectivity index (χ1n) is 13.1. The number of ether oxygens (including phenoxy) is 2. The van der Waals surface area contributed by atoms with E-state index in [1.54, 1.807) is 29.6 Å². The minimum Gasteiger partial charge on any atom is -0.406 e. The Bertz CT molecular complexity index is 1610. The summed E-state index contributed by atoms with van der Waals surface area (Å²) in [5.74, 6) is 0.587. The van der Waals surface area contributed by atoms with Gasteiger partial charge in [0.25, 0.3) is 0 Å². The molecule has 1 fully saturated rings. The summed E-state index contributed by atoms with van der Waals surface area (Å²) in [5, 5.41) is 10.3. The molecule has 1 amide bonds. The van der Waals surface area contributed by atoms with Gasteiger partial charge >= 0.3 is 6.36 Å². The second kappa shape index (κ2) is 12.8. The van der Waals surface area contributed by atoms with Gasteiger partial charge in [-0.2, -0.15) is 10.1 Å². The van der Waals surface area contributed by atoms with Crippen molar-refractivity contribution in [2.45, 2.75) is 18.9 Å². The van der Waals surface area contributed by atoms with Crippen molar-refractivity contribution >= 4 is 53.0 Å². The molecule has 0 bridgehead atoms. The van der Waals surface area contributed by atoms with Crippen LogP contribution in [0.1, 0.15) is 0 Å². The van der Waals surface area contributed by atoms with Crippen LogP contribution in [0.3, 0.4) is 0 Å². The Morgan fingerprint density at radius 3 is 2.64 bits per heavy atom. The molecule has 4 heterocycles. The largest absolute Gasteiger partial charge is 0.573 e. The second-order valence-corrected chi connectivity index (χ2v) is 9.58. The molecule has 1 aromatic carbocycles. The zero-order valence-corrected chi connectivity index (χ0v) is 23.4. The highest BCUT2D eigenvalue weighted by atomic mass is 19.4. The van der Waals surface area contributed by atoms with Gasteiger partial charge in [0.05, 0.1) is 49.7 Å². The summed E-state index contributed by atoms with van der Waals surface area (Å²) in [6.07, 6.45) is 1.64. The van der Waals surface area contributed by atoms with Crippen molar-refractivity contribution in [1.29, 1.82) is 0 Å². The number of nitrogens with two attached hydrogens (primary N) is 1.